The van der Waals surface area contributed by atoms with Crippen LogP contribution in [0.2, 0.25) is 5.02 Å². The van der Waals surface area contributed by atoms with Gasteiger partial charge in [-0.3, -0.25) is 9.59 Å². The number of halogens is 2. The lowest BCUT2D eigenvalue weighted by Crippen LogP contribution is -2.15. The van der Waals surface area contributed by atoms with Gasteiger partial charge in [-0.05, 0) is 55.0 Å². The SMILES string of the molecule is Cc1cc(Cl)ccc1NC(=O)CSc1nnc(CCC(=O)Nc2ccc(F)cc2)n1C. The molecule has 0 unspecified atom stereocenters. The van der Waals surface area contributed by atoms with Crippen molar-refractivity contribution in [3.8, 4) is 0 Å². The smallest absolute Gasteiger partial charge is 0.234 e. The molecule has 2 aromatic carbocycles. The number of aryl methyl sites for hydroxylation is 2. The van der Waals surface area contributed by atoms with Crippen molar-refractivity contribution in [2.75, 3.05) is 16.4 Å². The molecule has 1 heterocycles. The van der Waals surface area contributed by atoms with Crippen molar-refractivity contribution < 1.29 is 14.0 Å². The minimum atomic E-state index is -0.362. The third-order valence-corrected chi connectivity index (χ3v) is 5.68. The van der Waals surface area contributed by atoms with Crippen molar-refractivity contribution >= 4 is 46.6 Å². The summed E-state index contributed by atoms with van der Waals surface area (Å²) in [5.74, 6) is 0.0593. The fraction of sp³-hybridized carbons (Fsp3) is 0.238. The van der Waals surface area contributed by atoms with Gasteiger partial charge < -0.3 is 15.2 Å². The summed E-state index contributed by atoms with van der Waals surface area (Å²) in [4.78, 5) is 24.3. The minimum Gasteiger partial charge on any atom is -0.326 e. The molecule has 3 rings (SSSR count). The number of anilines is 2. The molecule has 0 fully saturated rings. The fourth-order valence-electron chi connectivity index (χ4n) is 2.75. The highest BCUT2D eigenvalue weighted by Gasteiger charge is 2.14. The molecule has 10 heteroatoms. The van der Waals surface area contributed by atoms with Crippen LogP contribution < -0.4 is 10.6 Å². The molecule has 0 aliphatic rings. The van der Waals surface area contributed by atoms with Gasteiger partial charge in [0.1, 0.15) is 11.6 Å². The molecule has 31 heavy (non-hydrogen) atoms. The molecular weight excluding hydrogens is 441 g/mol. The Bertz CT molecular complexity index is 1090. The molecule has 0 aliphatic carbocycles. The zero-order valence-corrected chi connectivity index (χ0v) is 18.6. The maximum absolute atomic E-state index is 12.9. The predicted molar refractivity (Wildman–Crippen MR) is 120 cm³/mol. The van der Waals surface area contributed by atoms with Crippen molar-refractivity contribution in [2.45, 2.75) is 24.9 Å². The van der Waals surface area contributed by atoms with Crippen molar-refractivity contribution in [3.63, 3.8) is 0 Å². The monoisotopic (exact) mass is 461 g/mol. The first kappa shape index (κ1) is 22.8. The summed E-state index contributed by atoms with van der Waals surface area (Å²) < 4.78 is 14.7. The van der Waals surface area contributed by atoms with E-state index in [1.54, 1.807) is 29.8 Å². The first-order valence-corrected chi connectivity index (χ1v) is 10.8. The molecule has 0 saturated heterocycles. The second-order valence-corrected chi connectivity index (χ2v) is 8.19. The van der Waals surface area contributed by atoms with Gasteiger partial charge in [-0.15, -0.1) is 10.2 Å². The van der Waals surface area contributed by atoms with Gasteiger partial charge in [0, 0.05) is 36.3 Å². The van der Waals surface area contributed by atoms with E-state index in [0.717, 1.165) is 5.56 Å². The van der Waals surface area contributed by atoms with E-state index >= 15 is 0 Å². The number of rotatable bonds is 8. The van der Waals surface area contributed by atoms with Crippen LogP contribution in [0.5, 0.6) is 0 Å². The van der Waals surface area contributed by atoms with Gasteiger partial charge >= 0.3 is 0 Å². The highest BCUT2D eigenvalue weighted by atomic mass is 35.5. The van der Waals surface area contributed by atoms with E-state index in [4.69, 9.17) is 11.6 Å². The van der Waals surface area contributed by atoms with Gasteiger partial charge in [0.15, 0.2) is 5.16 Å². The van der Waals surface area contributed by atoms with Crippen LogP contribution in [-0.4, -0.2) is 32.3 Å². The van der Waals surface area contributed by atoms with E-state index in [1.165, 1.54) is 36.0 Å². The molecule has 1 aromatic heterocycles. The quantitative estimate of drug-likeness (QED) is 0.490. The Morgan fingerprint density at radius 1 is 1.10 bits per heavy atom. The summed E-state index contributed by atoms with van der Waals surface area (Å²) in [5, 5.41) is 15.0. The molecule has 162 valence electrons. The number of carbonyl (C=O) groups excluding carboxylic acids is 2. The number of thioether (sulfide) groups is 1. The summed E-state index contributed by atoms with van der Waals surface area (Å²) in [7, 11) is 1.79. The lowest BCUT2D eigenvalue weighted by atomic mass is 10.2. The van der Waals surface area contributed by atoms with Crippen molar-refractivity contribution in [1.82, 2.24) is 14.8 Å². The summed E-state index contributed by atoms with van der Waals surface area (Å²) >= 11 is 7.19. The molecule has 3 aromatic rings. The van der Waals surface area contributed by atoms with Crippen LogP contribution in [0.3, 0.4) is 0 Å². The second-order valence-electron chi connectivity index (χ2n) is 6.81. The normalized spacial score (nSPS) is 10.7. The lowest BCUT2D eigenvalue weighted by Gasteiger charge is -2.08. The molecule has 0 spiro atoms. The van der Waals surface area contributed by atoms with Crippen LogP contribution in [0.15, 0.2) is 47.6 Å². The molecule has 2 N–H and O–H groups in total. The summed E-state index contributed by atoms with van der Waals surface area (Å²) in [6.45, 7) is 1.87. The Kier molecular flexibility index (Phi) is 7.64. The van der Waals surface area contributed by atoms with Crippen molar-refractivity contribution in [1.29, 1.82) is 0 Å². The van der Waals surface area contributed by atoms with Gasteiger partial charge in [-0.1, -0.05) is 23.4 Å². The third-order valence-electron chi connectivity index (χ3n) is 4.42. The predicted octanol–water partition coefficient (Wildman–Crippen LogP) is 4.22. The second kappa shape index (κ2) is 10.4. The van der Waals surface area contributed by atoms with Gasteiger partial charge in [0.25, 0.3) is 0 Å². The number of nitrogens with zero attached hydrogens (tertiary/aromatic N) is 3. The molecule has 7 nitrogen and oxygen atoms in total. The maximum atomic E-state index is 12.9. The van der Waals surface area contributed by atoms with Crippen molar-refractivity contribution in [3.05, 3.63) is 64.7 Å². The molecule has 0 aliphatic heterocycles. The van der Waals surface area contributed by atoms with Gasteiger partial charge in [-0.25, -0.2) is 4.39 Å². The minimum absolute atomic E-state index is 0.166. The Balaban J connectivity index is 1.48. The molecule has 2 amide bonds. The molecule has 0 radical (unpaired) electrons. The third kappa shape index (κ3) is 6.53. The van der Waals surface area contributed by atoms with Gasteiger partial charge in [0.2, 0.25) is 11.8 Å². The highest BCUT2D eigenvalue weighted by molar-refractivity contribution is 7.99. The number of amides is 2. The summed E-state index contributed by atoms with van der Waals surface area (Å²) in [6.07, 6.45) is 0.581. The van der Waals surface area contributed by atoms with Crippen LogP contribution in [0.25, 0.3) is 0 Å². The van der Waals surface area contributed by atoms with E-state index < -0.39 is 0 Å². The van der Waals surface area contributed by atoms with Gasteiger partial charge in [-0.2, -0.15) is 0 Å². The Labute approximate surface area is 188 Å². The molecular formula is C21H21ClFN5O2S. The molecule has 0 bridgehead atoms. The highest BCUT2D eigenvalue weighted by Crippen LogP contribution is 2.21. The largest absolute Gasteiger partial charge is 0.326 e. The Morgan fingerprint density at radius 3 is 2.55 bits per heavy atom. The van der Waals surface area contributed by atoms with Crippen LogP contribution in [-0.2, 0) is 23.1 Å². The Morgan fingerprint density at radius 2 is 1.84 bits per heavy atom. The number of nitrogens with one attached hydrogen (secondary N) is 2. The van der Waals surface area contributed by atoms with E-state index in [-0.39, 0.29) is 29.8 Å². The van der Waals surface area contributed by atoms with Crippen LogP contribution in [0, 0.1) is 12.7 Å². The fourth-order valence-corrected chi connectivity index (χ4v) is 3.71. The van der Waals surface area contributed by atoms with Gasteiger partial charge in [0.05, 0.1) is 5.75 Å². The number of aromatic nitrogens is 3. The number of hydrogen-bond acceptors (Lipinski definition) is 5. The van der Waals surface area contributed by atoms with Crippen LogP contribution in [0.4, 0.5) is 15.8 Å². The summed E-state index contributed by atoms with van der Waals surface area (Å²) in [5.41, 5.74) is 2.12. The lowest BCUT2D eigenvalue weighted by molar-refractivity contribution is -0.116. The first-order valence-electron chi connectivity index (χ1n) is 9.44. The number of hydrogen-bond donors (Lipinski definition) is 2. The average Bonchev–Trinajstić information content (AvgIpc) is 3.08. The first-order chi connectivity index (χ1) is 14.8. The average molecular weight is 462 g/mol. The van der Waals surface area contributed by atoms with Crippen molar-refractivity contribution in [2.24, 2.45) is 7.05 Å². The number of carbonyl (C=O) groups is 2. The van der Waals surface area contributed by atoms with E-state index in [0.29, 0.717) is 33.8 Å². The van der Waals surface area contributed by atoms with Crippen LogP contribution in [0.1, 0.15) is 17.8 Å². The molecule has 0 saturated carbocycles. The number of benzene rings is 2. The zero-order chi connectivity index (χ0) is 22.4. The zero-order valence-electron chi connectivity index (χ0n) is 17.0. The van der Waals surface area contributed by atoms with E-state index in [1.807, 2.05) is 6.92 Å². The van der Waals surface area contributed by atoms with E-state index in [2.05, 4.69) is 20.8 Å². The Hall–Kier alpha value is -2.91. The standard InChI is InChI=1S/C21H21ClFN5O2S/c1-13-11-14(22)3-8-17(13)25-20(30)12-31-21-27-26-18(28(21)2)9-10-19(29)24-16-6-4-15(23)5-7-16/h3-8,11H,9-10,12H2,1-2H3,(H,24,29)(H,25,30). The maximum Gasteiger partial charge on any atom is 0.234 e. The van der Waals surface area contributed by atoms with Crippen LogP contribution >= 0.6 is 23.4 Å². The molecule has 0 atom stereocenters. The summed E-state index contributed by atoms with van der Waals surface area (Å²) in [6, 6.07) is 10.8. The van der Waals surface area contributed by atoms with E-state index in [9.17, 15) is 14.0 Å². The topological polar surface area (TPSA) is 88.9 Å².